The van der Waals surface area contributed by atoms with Gasteiger partial charge >= 0.3 is 0 Å². The van der Waals surface area contributed by atoms with E-state index in [1.807, 2.05) is 32.7 Å². The topological polar surface area (TPSA) is 67.8 Å². The summed E-state index contributed by atoms with van der Waals surface area (Å²) in [5.74, 6) is -0.251. The highest BCUT2D eigenvalue weighted by Gasteiger charge is 2.33. The minimum atomic E-state index is -0.575. The second kappa shape index (κ2) is 6.47. The summed E-state index contributed by atoms with van der Waals surface area (Å²) in [5.41, 5.74) is -0.575. The van der Waals surface area contributed by atoms with Crippen molar-refractivity contribution in [2.45, 2.75) is 32.4 Å². The number of nitrogens with zero attached hydrogens (tertiary/aromatic N) is 2. The summed E-state index contributed by atoms with van der Waals surface area (Å²) in [5, 5.41) is 17.3. The van der Waals surface area contributed by atoms with Gasteiger partial charge in [-0.2, -0.15) is 0 Å². The van der Waals surface area contributed by atoms with Crippen molar-refractivity contribution < 1.29 is 10.0 Å². The third-order valence-electron chi connectivity index (χ3n) is 3.12. The highest BCUT2D eigenvalue weighted by atomic mass is 16.5. The maximum atomic E-state index is 12.3. The number of carbonyl (C=O) groups is 1. The van der Waals surface area contributed by atoms with Crippen molar-refractivity contribution in [3.63, 3.8) is 0 Å². The molecular formula is C12H26N4O2. The number of hydrogen-bond donors (Lipinski definition) is 3. The lowest BCUT2D eigenvalue weighted by atomic mass is 10.1. The molecule has 0 bridgehead atoms. The van der Waals surface area contributed by atoms with Gasteiger partial charge in [-0.1, -0.05) is 0 Å². The van der Waals surface area contributed by atoms with Gasteiger partial charge in [-0.15, -0.1) is 0 Å². The number of nitrogens with one attached hydrogen (secondary N) is 2. The van der Waals surface area contributed by atoms with Gasteiger partial charge in [-0.3, -0.25) is 14.9 Å². The fourth-order valence-corrected chi connectivity index (χ4v) is 1.86. The number of hydroxylamine groups is 2. The van der Waals surface area contributed by atoms with Crippen molar-refractivity contribution in [1.29, 1.82) is 0 Å². The second-order valence-corrected chi connectivity index (χ2v) is 5.77. The van der Waals surface area contributed by atoms with Crippen molar-refractivity contribution in [3.05, 3.63) is 0 Å². The van der Waals surface area contributed by atoms with Gasteiger partial charge in [0.25, 0.3) is 5.91 Å². The Morgan fingerprint density at radius 1 is 1.28 bits per heavy atom. The molecule has 1 aliphatic rings. The van der Waals surface area contributed by atoms with Crippen molar-refractivity contribution in [3.8, 4) is 0 Å². The number of rotatable bonds is 1. The number of likely N-dealkylation sites (N-methyl/N-ethyl adjacent to an activating group) is 1. The molecule has 1 aliphatic heterocycles. The summed E-state index contributed by atoms with van der Waals surface area (Å²) >= 11 is 0. The fraction of sp³-hybridized carbons (Fsp3) is 0.917. The van der Waals surface area contributed by atoms with E-state index in [1.165, 1.54) is 0 Å². The van der Waals surface area contributed by atoms with E-state index in [0.717, 1.165) is 31.2 Å². The molecule has 0 aromatic carbocycles. The zero-order valence-corrected chi connectivity index (χ0v) is 11.9. The lowest BCUT2D eigenvalue weighted by Crippen LogP contribution is -2.55. The monoisotopic (exact) mass is 258 g/mol. The molecule has 0 aliphatic carbocycles. The van der Waals surface area contributed by atoms with Crippen LogP contribution in [0.25, 0.3) is 0 Å². The summed E-state index contributed by atoms with van der Waals surface area (Å²) in [6.45, 7) is 9.37. The van der Waals surface area contributed by atoms with E-state index in [2.05, 4.69) is 10.6 Å². The zero-order valence-electron chi connectivity index (χ0n) is 11.9. The van der Waals surface area contributed by atoms with Crippen molar-refractivity contribution >= 4 is 5.91 Å². The van der Waals surface area contributed by atoms with Gasteiger partial charge in [0.2, 0.25) is 0 Å². The Bertz CT molecular complexity index is 278. The molecule has 0 aromatic heterocycles. The molecule has 0 saturated carbocycles. The first-order chi connectivity index (χ1) is 8.34. The predicted molar refractivity (Wildman–Crippen MR) is 70.5 cm³/mol. The van der Waals surface area contributed by atoms with Crippen LogP contribution in [0.4, 0.5) is 0 Å². The maximum absolute atomic E-state index is 12.3. The maximum Gasteiger partial charge on any atom is 0.265 e. The fourth-order valence-electron chi connectivity index (χ4n) is 1.86. The van der Waals surface area contributed by atoms with E-state index in [0.29, 0.717) is 6.54 Å². The van der Waals surface area contributed by atoms with E-state index in [1.54, 1.807) is 0 Å². The van der Waals surface area contributed by atoms with E-state index < -0.39 is 5.54 Å². The molecule has 1 heterocycles. The molecule has 6 heteroatoms. The minimum absolute atomic E-state index is 0.251. The van der Waals surface area contributed by atoms with Crippen LogP contribution in [0, 0.1) is 0 Å². The average Bonchev–Trinajstić information content (AvgIpc) is 2.38. The van der Waals surface area contributed by atoms with Crippen LogP contribution in [-0.4, -0.2) is 72.4 Å². The number of hydrogen-bond acceptors (Lipinski definition) is 5. The molecule has 1 unspecified atom stereocenters. The van der Waals surface area contributed by atoms with Crippen LogP contribution in [0.5, 0.6) is 0 Å². The first-order valence-electron chi connectivity index (χ1n) is 6.48. The number of carbonyl (C=O) groups excluding carboxylic acids is 1. The highest BCUT2D eigenvalue weighted by Crippen LogP contribution is 2.13. The first kappa shape index (κ1) is 15.4. The third kappa shape index (κ3) is 4.20. The molecule has 0 spiro atoms. The molecule has 0 radical (unpaired) electrons. The van der Waals surface area contributed by atoms with Gasteiger partial charge in [-0.05, 0) is 27.8 Å². The summed E-state index contributed by atoms with van der Waals surface area (Å²) in [7, 11) is 1.91. The van der Waals surface area contributed by atoms with Crippen LogP contribution in [0.1, 0.15) is 20.8 Å². The first-order valence-corrected chi connectivity index (χ1v) is 6.48. The molecule has 1 fully saturated rings. The standard InChI is InChI=1S/C12H26N4O2/c1-12(2,3)16(18)11(17)10-9-14-6-5-13-7-8-15(10)4/h10,13-14,18H,5-9H2,1-4H3. The lowest BCUT2D eigenvalue weighted by Gasteiger charge is -2.35. The van der Waals surface area contributed by atoms with Gasteiger partial charge < -0.3 is 10.6 Å². The Morgan fingerprint density at radius 2 is 1.89 bits per heavy atom. The molecule has 1 amide bonds. The molecule has 1 atom stereocenters. The van der Waals surface area contributed by atoms with E-state index in [-0.39, 0.29) is 11.9 Å². The Balaban J connectivity index is 2.72. The quantitative estimate of drug-likeness (QED) is 0.437. The minimum Gasteiger partial charge on any atom is -0.314 e. The van der Waals surface area contributed by atoms with Gasteiger partial charge in [0.1, 0.15) is 6.04 Å². The lowest BCUT2D eigenvalue weighted by molar-refractivity contribution is -0.192. The SMILES string of the molecule is CN1CCNCCNCC1C(=O)N(O)C(C)(C)C. The largest absolute Gasteiger partial charge is 0.314 e. The van der Waals surface area contributed by atoms with Crippen LogP contribution in [0.15, 0.2) is 0 Å². The van der Waals surface area contributed by atoms with Crippen LogP contribution in [0.3, 0.4) is 0 Å². The Hall–Kier alpha value is -0.690. The van der Waals surface area contributed by atoms with Crippen molar-refractivity contribution in [1.82, 2.24) is 20.6 Å². The van der Waals surface area contributed by atoms with Gasteiger partial charge in [0.05, 0.1) is 5.54 Å². The van der Waals surface area contributed by atoms with Crippen molar-refractivity contribution in [2.24, 2.45) is 0 Å². The predicted octanol–water partition coefficient (Wildman–Crippen LogP) is -0.504. The van der Waals surface area contributed by atoms with Crippen molar-refractivity contribution in [2.75, 3.05) is 39.8 Å². The molecule has 106 valence electrons. The Kier molecular flexibility index (Phi) is 5.52. The third-order valence-corrected chi connectivity index (χ3v) is 3.12. The molecular weight excluding hydrogens is 232 g/mol. The van der Waals surface area contributed by atoms with E-state index >= 15 is 0 Å². The molecule has 6 nitrogen and oxygen atoms in total. The van der Waals surface area contributed by atoms with Crippen LogP contribution in [0.2, 0.25) is 0 Å². The summed E-state index contributed by atoms with van der Waals surface area (Å²) in [6.07, 6.45) is 0. The molecule has 0 aromatic rings. The van der Waals surface area contributed by atoms with E-state index in [4.69, 9.17) is 0 Å². The molecule has 1 rings (SSSR count). The smallest absolute Gasteiger partial charge is 0.265 e. The average molecular weight is 258 g/mol. The van der Waals surface area contributed by atoms with Crippen LogP contribution < -0.4 is 10.6 Å². The molecule has 3 N–H and O–H groups in total. The van der Waals surface area contributed by atoms with Gasteiger partial charge in [0, 0.05) is 32.7 Å². The highest BCUT2D eigenvalue weighted by molar-refractivity contribution is 5.81. The van der Waals surface area contributed by atoms with Crippen LogP contribution >= 0.6 is 0 Å². The zero-order chi connectivity index (χ0) is 13.8. The van der Waals surface area contributed by atoms with Gasteiger partial charge in [0.15, 0.2) is 0 Å². The summed E-state index contributed by atoms with van der Waals surface area (Å²) < 4.78 is 0. The van der Waals surface area contributed by atoms with E-state index in [9.17, 15) is 10.0 Å². The Labute approximate surface area is 109 Å². The summed E-state index contributed by atoms with van der Waals surface area (Å²) in [6, 6.07) is -0.325. The second-order valence-electron chi connectivity index (χ2n) is 5.77. The molecule has 1 saturated heterocycles. The molecule has 18 heavy (non-hydrogen) atoms. The number of amides is 1. The Morgan fingerprint density at radius 3 is 2.50 bits per heavy atom. The van der Waals surface area contributed by atoms with Gasteiger partial charge in [-0.25, -0.2) is 5.06 Å². The normalized spacial score (nSPS) is 23.9. The van der Waals surface area contributed by atoms with Crippen LogP contribution in [-0.2, 0) is 4.79 Å². The summed E-state index contributed by atoms with van der Waals surface area (Å²) in [4.78, 5) is 14.3.